The topological polar surface area (TPSA) is 29.1 Å². The van der Waals surface area contributed by atoms with Crippen molar-refractivity contribution < 1.29 is 4.79 Å². The zero-order valence-corrected chi connectivity index (χ0v) is 12.0. The van der Waals surface area contributed by atoms with Crippen LogP contribution in [0.25, 0.3) is 0 Å². The number of aryl methyl sites for hydroxylation is 1. The maximum absolute atomic E-state index is 12.3. The van der Waals surface area contributed by atoms with Crippen LogP contribution in [0.15, 0.2) is 48.5 Å². The quantitative estimate of drug-likeness (QED) is 0.890. The maximum atomic E-state index is 12.3. The van der Waals surface area contributed by atoms with Crippen LogP contribution in [0, 0.1) is 12.8 Å². The largest absolute Gasteiger partial charge is 0.326 e. The minimum absolute atomic E-state index is 0.0794. The van der Waals surface area contributed by atoms with Gasteiger partial charge in [-0.15, -0.1) is 0 Å². The molecule has 2 atom stereocenters. The minimum atomic E-state index is 0.0794. The van der Waals surface area contributed by atoms with Gasteiger partial charge in [0.15, 0.2) is 0 Å². The van der Waals surface area contributed by atoms with Crippen LogP contribution in [0.4, 0.5) is 5.69 Å². The van der Waals surface area contributed by atoms with Gasteiger partial charge in [0.1, 0.15) is 0 Å². The van der Waals surface area contributed by atoms with Gasteiger partial charge in [-0.3, -0.25) is 4.79 Å². The number of amides is 1. The Balaban J connectivity index is 1.68. The lowest BCUT2D eigenvalue weighted by Crippen LogP contribution is -2.15. The van der Waals surface area contributed by atoms with E-state index in [2.05, 4.69) is 17.4 Å². The van der Waals surface area contributed by atoms with Gasteiger partial charge in [-0.25, -0.2) is 0 Å². The maximum Gasteiger partial charge on any atom is 0.228 e. The predicted molar refractivity (Wildman–Crippen MR) is 82.1 cm³/mol. The fourth-order valence-electron chi connectivity index (χ4n) is 2.51. The Morgan fingerprint density at radius 3 is 2.70 bits per heavy atom. The number of anilines is 1. The third-order valence-electron chi connectivity index (χ3n) is 3.81. The molecular formula is C17H16ClNO. The first-order chi connectivity index (χ1) is 9.65. The highest BCUT2D eigenvalue weighted by Gasteiger charge is 2.43. The predicted octanol–water partition coefficient (Wildman–Crippen LogP) is 4.39. The van der Waals surface area contributed by atoms with E-state index in [-0.39, 0.29) is 11.8 Å². The van der Waals surface area contributed by atoms with Gasteiger partial charge in [0.05, 0.1) is 0 Å². The number of halogens is 1. The lowest BCUT2D eigenvalue weighted by molar-refractivity contribution is -0.117. The van der Waals surface area contributed by atoms with Crippen LogP contribution in [0.5, 0.6) is 0 Å². The molecule has 102 valence electrons. The molecule has 1 fully saturated rings. The molecule has 1 aliphatic carbocycles. The fraction of sp³-hybridized carbons (Fsp3) is 0.235. The fourth-order valence-corrected chi connectivity index (χ4v) is 2.68. The number of carbonyl (C=O) groups excluding carboxylic acids is 1. The van der Waals surface area contributed by atoms with Crippen molar-refractivity contribution in [2.24, 2.45) is 5.92 Å². The molecule has 1 saturated carbocycles. The first-order valence-electron chi connectivity index (χ1n) is 6.77. The summed E-state index contributed by atoms with van der Waals surface area (Å²) in [6.07, 6.45) is 0.926. The van der Waals surface area contributed by atoms with E-state index >= 15 is 0 Å². The van der Waals surface area contributed by atoms with Crippen molar-refractivity contribution in [3.8, 4) is 0 Å². The molecule has 2 aromatic rings. The van der Waals surface area contributed by atoms with Crippen LogP contribution >= 0.6 is 11.6 Å². The van der Waals surface area contributed by atoms with Crippen LogP contribution in [0.2, 0.25) is 5.02 Å². The Hall–Kier alpha value is -1.80. The number of benzene rings is 2. The molecule has 0 unspecified atom stereocenters. The van der Waals surface area contributed by atoms with Gasteiger partial charge in [0.2, 0.25) is 5.91 Å². The summed E-state index contributed by atoms with van der Waals surface area (Å²) in [4.78, 5) is 12.3. The second-order valence-electron chi connectivity index (χ2n) is 5.31. The molecule has 2 aromatic carbocycles. The van der Waals surface area contributed by atoms with Gasteiger partial charge in [-0.05, 0) is 42.5 Å². The highest BCUT2D eigenvalue weighted by atomic mass is 35.5. The molecule has 0 spiro atoms. The summed E-state index contributed by atoms with van der Waals surface area (Å²) in [7, 11) is 0. The number of hydrogen-bond acceptors (Lipinski definition) is 1. The Bertz CT molecular complexity index is 639. The summed E-state index contributed by atoms with van der Waals surface area (Å²) < 4.78 is 0. The molecule has 0 aromatic heterocycles. The van der Waals surface area contributed by atoms with E-state index in [4.69, 9.17) is 11.6 Å². The van der Waals surface area contributed by atoms with E-state index in [1.807, 2.05) is 37.3 Å². The third-order valence-corrected chi connectivity index (χ3v) is 4.05. The first-order valence-corrected chi connectivity index (χ1v) is 7.15. The molecule has 2 nitrogen and oxygen atoms in total. The van der Waals surface area contributed by atoms with Crippen LogP contribution in [0.3, 0.4) is 0 Å². The summed E-state index contributed by atoms with van der Waals surface area (Å²) in [6, 6.07) is 15.7. The minimum Gasteiger partial charge on any atom is -0.326 e. The van der Waals surface area contributed by atoms with Gasteiger partial charge in [-0.1, -0.05) is 48.0 Å². The molecule has 3 rings (SSSR count). The van der Waals surface area contributed by atoms with Crippen LogP contribution < -0.4 is 5.32 Å². The zero-order chi connectivity index (χ0) is 14.1. The molecule has 0 saturated heterocycles. The number of hydrogen-bond donors (Lipinski definition) is 1. The highest BCUT2D eigenvalue weighted by Crippen LogP contribution is 2.48. The lowest BCUT2D eigenvalue weighted by Gasteiger charge is -2.08. The summed E-state index contributed by atoms with van der Waals surface area (Å²) >= 11 is 5.97. The second kappa shape index (κ2) is 5.29. The average molecular weight is 286 g/mol. The van der Waals surface area contributed by atoms with Crippen LogP contribution in [-0.4, -0.2) is 5.91 Å². The second-order valence-corrected chi connectivity index (χ2v) is 5.74. The summed E-state index contributed by atoms with van der Waals surface area (Å²) in [5.41, 5.74) is 3.08. The third kappa shape index (κ3) is 2.70. The summed E-state index contributed by atoms with van der Waals surface area (Å²) in [6.45, 7) is 1.97. The summed E-state index contributed by atoms with van der Waals surface area (Å²) in [5.74, 6) is 0.524. The number of rotatable bonds is 3. The van der Waals surface area contributed by atoms with E-state index in [1.54, 1.807) is 6.07 Å². The Morgan fingerprint density at radius 2 is 1.95 bits per heavy atom. The molecule has 20 heavy (non-hydrogen) atoms. The average Bonchev–Trinajstić information content (AvgIpc) is 3.24. The molecule has 0 heterocycles. The van der Waals surface area contributed by atoms with Crippen LogP contribution in [0.1, 0.15) is 23.5 Å². The highest BCUT2D eigenvalue weighted by molar-refractivity contribution is 6.31. The van der Waals surface area contributed by atoms with Crippen LogP contribution in [-0.2, 0) is 4.79 Å². The van der Waals surface area contributed by atoms with E-state index < -0.39 is 0 Å². The summed E-state index contributed by atoms with van der Waals surface area (Å²) in [5, 5.41) is 3.63. The molecule has 3 heteroatoms. The van der Waals surface area contributed by atoms with Crippen molar-refractivity contribution in [1.29, 1.82) is 0 Å². The van der Waals surface area contributed by atoms with E-state index in [0.717, 1.165) is 17.7 Å². The van der Waals surface area contributed by atoms with E-state index in [1.165, 1.54) is 5.56 Å². The van der Waals surface area contributed by atoms with E-state index in [0.29, 0.717) is 10.9 Å². The van der Waals surface area contributed by atoms with Crippen molar-refractivity contribution in [2.75, 3.05) is 5.32 Å². The van der Waals surface area contributed by atoms with Crippen molar-refractivity contribution in [2.45, 2.75) is 19.3 Å². The van der Waals surface area contributed by atoms with Gasteiger partial charge >= 0.3 is 0 Å². The Morgan fingerprint density at radius 1 is 1.20 bits per heavy atom. The number of carbonyl (C=O) groups is 1. The Kier molecular flexibility index (Phi) is 3.49. The van der Waals surface area contributed by atoms with Gasteiger partial charge < -0.3 is 5.32 Å². The molecule has 1 aliphatic rings. The number of nitrogens with one attached hydrogen (secondary N) is 1. The molecule has 0 bridgehead atoms. The molecule has 1 amide bonds. The standard InChI is InChI=1S/C17H16ClNO/c1-11-7-8-13(18)9-16(11)19-17(20)15-10-14(15)12-5-3-2-4-6-12/h2-9,14-15H,10H2,1H3,(H,19,20)/t14-,15-/m1/s1. The normalized spacial score (nSPS) is 20.5. The monoisotopic (exact) mass is 285 g/mol. The van der Waals surface area contributed by atoms with Gasteiger partial charge in [0, 0.05) is 16.6 Å². The molecular weight excluding hydrogens is 270 g/mol. The molecule has 1 N–H and O–H groups in total. The van der Waals surface area contributed by atoms with E-state index in [9.17, 15) is 4.79 Å². The van der Waals surface area contributed by atoms with Gasteiger partial charge in [0.25, 0.3) is 0 Å². The smallest absolute Gasteiger partial charge is 0.228 e. The van der Waals surface area contributed by atoms with Crippen molar-refractivity contribution in [3.05, 3.63) is 64.7 Å². The van der Waals surface area contributed by atoms with Crippen molar-refractivity contribution in [1.82, 2.24) is 0 Å². The van der Waals surface area contributed by atoms with Crippen molar-refractivity contribution >= 4 is 23.2 Å². The molecule has 0 aliphatic heterocycles. The zero-order valence-electron chi connectivity index (χ0n) is 11.3. The Labute approximate surface area is 123 Å². The lowest BCUT2D eigenvalue weighted by atomic mass is 10.1. The van der Waals surface area contributed by atoms with Crippen molar-refractivity contribution in [3.63, 3.8) is 0 Å². The molecule has 0 radical (unpaired) electrons. The first kappa shape index (κ1) is 13.2. The van der Waals surface area contributed by atoms with Gasteiger partial charge in [-0.2, -0.15) is 0 Å². The SMILES string of the molecule is Cc1ccc(Cl)cc1NC(=O)[C@@H]1C[C@@H]1c1ccccc1.